The van der Waals surface area contributed by atoms with Gasteiger partial charge in [0.05, 0.1) is 17.1 Å². The zero-order valence-corrected chi connectivity index (χ0v) is 13.5. The summed E-state index contributed by atoms with van der Waals surface area (Å²) < 4.78 is 27.3. The van der Waals surface area contributed by atoms with E-state index in [-0.39, 0.29) is 24.5 Å². The molecule has 2 N–H and O–H groups in total. The Labute approximate surface area is 129 Å². The minimum Gasteiger partial charge on any atom is -0.387 e. The highest BCUT2D eigenvalue weighted by atomic mass is 32.2. The molecule has 1 aromatic heterocycles. The van der Waals surface area contributed by atoms with E-state index in [0.29, 0.717) is 11.0 Å². The molecule has 1 saturated carbocycles. The lowest BCUT2D eigenvalue weighted by molar-refractivity contribution is 0.0815. The fourth-order valence-electron chi connectivity index (χ4n) is 3.11. The molecule has 21 heavy (non-hydrogen) atoms. The normalized spacial score (nSPS) is 29.6. The maximum absolute atomic E-state index is 11.5. The predicted octanol–water partition coefficient (Wildman–Crippen LogP) is 1.55. The molecule has 1 unspecified atom stereocenters. The van der Waals surface area contributed by atoms with Crippen LogP contribution < -0.4 is 5.32 Å². The van der Waals surface area contributed by atoms with Gasteiger partial charge in [-0.15, -0.1) is 0 Å². The topological polar surface area (TPSA) is 92.2 Å². The highest BCUT2D eigenvalue weighted by Gasteiger charge is 2.40. The molecule has 0 aromatic carbocycles. The number of aliphatic hydroxyl groups is 1. The number of sulfone groups is 1. The smallest absolute Gasteiger partial charge is 0.202 e. The van der Waals surface area contributed by atoms with Crippen molar-refractivity contribution >= 4 is 26.5 Å². The molecule has 2 aliphatic rings. The van der Waals surface area contributed by atoms with Crippen molar-refractivity contribution in [1.82, 2.24) is 9.36 Å². The van der Waals surface area contributed by atoms with Crippen LogP contribution in [0.2, 0.25) is 0 Å². The molecule has 1 aromatic rings. The Kier molecular flexibility index (Phi) is 4.20. The molecule has 6 nitrogen and oxygen atoms in total. The summed E-state index contributed by atoms with van der Waals surface area (Å²) in [7, 11) is -3.09. The van der Waals surface area contributed by atoms with E-state index in [1.165, 1.54) is 30.8 Å². The van der Waals surface area contributed by atoms with Crippen LogP contribution in [0.3, 0.4) is 0 Å². The second-order valence-electron chi connectivity index (χ2n) is 6.21. The fourth-order valence-corrected chi connectivity index (χ4v) is 5.65. The average molecular weight is 331 g/mol. The van der Waals surface area contributed by atoms with Gasteiger partial charge in [0.15, 0.2) is 9.84 Å². The van der Waals surface area contributed by atoms with Crippen LogP contribution in [-0.2, 0) is 9.84 Å². The van der Waals surface area contributed by atoms with Crippen LogP contribution in [0.15, 0.2) is 0 Å². The minimum atomic E-state index is -3.09. The minimum absolute atomic E-state index is 0.0641. The Morgan fingerprint density at radius 2 is 2.10 bits per heavy atom. The zero-order chi connectivity index (χ0) is 14.9. The third-order valence-electron chi connectivity index (χ3n) is 4.35. The molecule has 2 heterocycles. The monoisotopic (exact) mass is 331 g/mol. The molecule has 118 valence electrons. The Balaban J connectivity index is 1.57. The van der Waals surface area contributed by atoms with Crippen molar-refractivity contribution in [3.63, 3.8) is 0 Å². The quantitative estimate of drug-likeness (QED) is 0.869. The van der Waals surface area contributed by atoms with Gasteiger partial charge in [-0.1, -0.05) is 19.3 Å². The van der Waals surface area contributed by atoms with E-state index in [2.05, 4.69) is 14.7 Å². The molecule has 0 spiro atoms. The molecule has 1 atom stereocenters. The number of hydrogen-bond acceptors (Lipinski definition) is 7. The molecule has 1 aliphatic heterocycles. The predicted molar refractivity (Wildman–Crippen MR) is 82.4 cm³/mol. The highest BCUT2D eigenvalue weighted by molar-refractivity contribution is 7.91. The molecule has 8 heteroatoms. The molecule has 3 rings (SSSR count). The second kappa shape index (κ2) is 5.81. The van der Waals surface area contributed by atoms with Gasteiger partial charge in [0.1, 0.15) is 5.82 Å². The van der Waals surface area contributed by atoms with Gasteiger partial charge in [-0.25, -0.2) is 13.4 Å². The third kappa shape index (κ3) is 3.73. The largest absolute Gasteiger partial charge is 0.387 e. The van der Waals surface area contributed by atoms with Crippen LogP contribution in [0.1, 0.15) is 50.3 Å². The Bertz CT molecular complexity index is 596. The van der Waals surface area contributed by atoms with Crippen LogP contribution in [0.25, 0.3) is 0 Å². The second-order valence-corrected chi connectivity index (χ2v) is 9.15. The van der Waals surface area contributed by atoms with Crippen molar-refractivity contribution in [3.8, 4) is 0 Å². The zero-order valence-electron chi connectivity index (χ0n) is 11.9. The van der Waals surface area contributed by atoms with Crippen molar-refractivity contribution in [2.24, 2.45) is 0 Å². The number of nitrogens with zero attached hydrogens (tertiary/aromatic N) is 2. The van der Waals surface area contributed by atoms with Crippen LogP contribution in [-0.4, -0.2) is 46.5 Å². The van der Waals surface area contributed by atoms with E-state index in [4.69, 9.17) is 0 Å². The molecular weight excluding hydrogens is 310 g/mol. The van der Waals surface area contributed by atoms with Gasteiger partial charge in [0.2, 0.25) is 5.13 Å². The van der Waals surface area contributed by atoms with Gasteiger partial charge in [-0.2, -0.15) is 4.37 Å². The maximum Gasteiger partial charge on any atom is 0.202 e. The number of hydrogen-bond donors (Lipinski definition) is 2. The van der Waals surface area contributed by atoms with Crippen molar-refractivity contribution in [1.29, 1.82) is 0 Å². The van der Waals surface area contributed by atoms with Crippen molar-refractivity contribution in [2.45, 2.75) is 50.0 Å². The lowest BCUT2D eigenvalue weighted by atomic mass is 9.89. The van der Waals surface area contributed by atoms with Crippen molar-refractivity contribution in [3.05, 3.63) is 5.82 Å². The van der Waals surface area contributed by atoms with E-state index in [1.807, 2.05) is 0 Å². The first-order valence-corrected chi connectivity index (χ1v) is 10.1. The summed E-state index contributed by atoms with van der Waals surface area (Å²) in [5, 5.41) is 14.0. The van der Waals surface area contributed by atoms with E-state index < -0.39 is 15.4 Å². The molecule has 1 saturated heterocycles. The standard InChI is InChI=1S/C13H21N3O3S2/c17-13(6-7-21(18,19)9-13)8-14-12-15-11(16-20-12)10-4-2-1-3-5-10/h10,17H,1-9H2,(H,14,15,16). The fraction of sp³-hybridized carbons (Fsp3) is 0.846. The van der Waals surface area contributed by atoms with E-state index >= 15 is 0 Å². The van der Waals surface area contributed by atoms with Gasteiger partial charge >= 0.3 is 0 Å². The molecular formula is C13H21N3O3S2. The molecule has 0 amide bonds. The summed E-state index contributed by atoms with van der Waals surface area (Å²) >= 11 is 1.29. The van der Waals surface area contributed by atoms with Crippen molar-refractivity contribution in [2.75, 3.05) is 23.4 Å². The number of anilines is 1. The number of aromatic nitrogens is 2. The summed E-state index contributed by atoms with van der Waals surface area (Å²) in [6.07, 6.45) is 6.37. The maximum atomic E-state index is 11.5. The highest BCUT2D eigenvalue weighted by Crippen LogP contribution is 2.32. The van der Waals surface area contributed by atoms with E-state index in [0.717, 1.165) is 18.7 Å². The molecule has 1 aliphatic carbocycles. The lowest BCUT2D eigenvalue weighted by Crippen LogP contribution is -2.38. The first-order chi connectivity index (χ1) is 9.96. The van der Waals surface area contributed by atoms with Gasteiger partial charge < -0.3 is 10.4 Å². The van der Waals surface area contributed by atoms with Gasteiger partial charge in [-0.3, -0.25) is 0 Å². The summed E-state index contributed by atoms with van der Waals surface area (Å²) in [4.78, 5) is 4.50. The van der Waals surface area contributed by atoms with Gasteiger partial charge in [0, 0.05) is 24.0 Å². The first-order valence-electron chi connectivity index (χ1n) is 7.46. The number of rotatable bonds is 4. The van der Waals surface area contributed by atoms with Crippen LogP contribution >= 0.6 is 11.5 Å². The summed E-state index contributed by atoms with van der Waals surface area (Å²) in [6, 6.07) is 0. The Hall–Kier alpha value is -0.730. The number of nitrogens with one attached hydrogen (secondary N) is 1. The first kappa shape index (κ1) is 15.2. The third-order valence-corrected chi connectivity index (χ3v) is 6.84. The lowest BCUT2D eigenvalue weighted by Gasteiger charge is -2.20. The summed E-state index contributed by atoms with van der Waals surface area (Å²) in [5.74, 6) is 1.25. The molecule has 2 fully saturated rings. The van der Waals surface area contributed by atoms with Crippen LogP contribution in [0, 0.1) is 0 Å². The van der Waals surface area contributed by atoms with E-state index in [1.54, 1.807) is 0 Å². The van der Waals surface area contributed by atoms with Crippen LogP contribution in [0.5, 0.6) is 0 Å². The van der Waals surface area contributed by atoms with Crippen molar-refractivity contribution < 1.29 is 13.5 Å². The Morgan fingerprint density at radius 1 is 1.33 bits per heavy atom. The Morgan fingerprint density at radius 3 is 2.76 bits per heavy atom. The summed E-state index contributed by atoms with van der Waals surface area (Å²) in [6.45, 7) is 0.214. The summed E-state index contributed by atoms with van der Waals surface area (Å²) in [5.41, 5.74) is -1.17. The molecule has 0 bridgehead atoms. The average Bonchev–Trinajstić information content (AvgIpc) is 3.03. The van der Waals surface area contributed by atoms with Crippen LogP contribution in [0.4, 0.5) is 5.13 Å². The molecule has 0 radical (unpaired) electrons. The SMILES string of the molecule is O=S1(=O)CCC(O)(CNc2nc(C3CCCCC3)ns2)C1. The van der Waals surface area contributed by atoms with Gasteiger partial charge in [0.25, 0.3) is 0 Å². The van der Waals surface area contributed by atoms with E-state index in [9.17, 15) is 13.5 Å². The van der Waals surface area contributed by atoms with Gasteiger partial charge in [-0.05, 0) is 19.3 Å².